The summed E-state index contributed by atoms with van der Waals surface area (Å²) in [6.07, 6.45) is 5.31. The summed E-state index contributed by atoms with van der Waals surface area (Å²) in [4.78, 5) is 3.98. The minimum absolute atomic E-state index is 0. The maximum absolute atomic E-state index is 14.1. The Morgan fingerprint density at radius 3 is 2.59 bits per heavy atom. The fourth-order valence-corrected chi connectivity index (χ4v) is 3.72. The van der Waals surface area contributed by atoms with Gasteiger partial charge < -0.3 is 11.1 Å². The van der Waals surface area contributed by atoms with E-state index >= 15 is 0 Å². The number of halogens is 2. The number of nitrogens with zero attached hydrogens (tertiary/aromatic N) is 1. The van der Waals surface area contributed by atoms with Gasteiger partial charge in [-0.15, -0.1) is 12.4 Å². The molecule has 0 amide bonds. The molecule has 2 aliphatic rings. The molecular formula is C17H19ClFN3. The maximum atomic E-state index is 14.1. The van der Waals surface area contributed by atoms with E-state index in [0.717, 1.165) is 17.5 Å². The number of hydrogen-bond acceptors (Lipinski definition) is 3. The topological polar surface area (TPSA) is 50.9 Å². The second kappa shape index (κ2) is 5.86. The van der Waals surface area contributed by atoms with Crippen molar-refractivity contribution in [1.82, 2.24) is 10.3 Å². The summed E-state index contributed by atoms with van der Waals surface area (Å²) in [6.45, 7) is 0. The van der Waals surface area contributed by atoms with Crippen LogP contribution in [0.15, 0.2) is 36.5 Å². The van der Waals surface area contributed by atoms with E-state index in [4.69, 9.17) is 5.73 Å². The Labute approximate surface area is 135 Å². The smallest absolute Gasteiger partial charge is 0.220 e. The highest BCUT2D eigenvalue weighted by atomic mass is 35.5. The summed E-state index contributed by atoms with van der Waals surface area (Å²) in [7, 11) is 0. The van der Waals surface area contributed by atoms with Gasteiger partial charge in [-0.3, -0.25) is 0 Å². The van der Waals surface area contributed by atoms with Crippen LogP contribution in [0.3, 0.4) is 0 Å². The second-order valence-corrected chi connectivity index (χ2v) is 6.12. The number of hydrogen-bond donors (Lipinski definition) is 2. The SMILES string of the molecule is Cl.Nc1ccc(-c2cc(C3CC4CCC3N4)cnc2F)cc1. The number of rotatable bonds is 2. The Bertz CT molecular complexity index is 674. The van der Waals surface area contributed by atoms with E-state index in [-0.39, 0.29) is 12.4 Å². The summed E-state index contributed by atoms with van der Waals surface area (Å²) < 4.78 is 14.1. The third-order valence-electron chi connectivity index (χ3n) is 4.81. The predicted octanol–water partition coefficient (Wildman–Crippen LogP) is 3.50. The lowest BCUT2D eigenvalue weighted by atomic mass is 9.84. The van der Waals surface area contributed by atoms with Crippen molar-refractivity contribution in [3.8, 4) is 11.1 Å². The van der Waals surface area contributed by atoms with Gasteiger partial charge in [-0.2, -0.15) is 4.39 Å². The Morgan fingerprint density at radius 2 is 1.95 bits per heavy atom. The van der Waals surface area contributed by atoms with Gasteiger partial charge in [0.2, 0.25) is 5.95 Å². The van der Waals surface area contributed by atoms with Crippen molar-refractivity contribution in [2.24, 2.45) is 0 Å². The Hall–Kier alpha value is -1.65. The molecule has 3 atom stereocenters. The lowest BCUT2D eigenvalue weighted by Gasteiger charge is -2.20. The van der Waals surface area contributed by atoms with Gasteiger partial charge >= 0.3 is 0 Å². The number of benzene rings is 1. The minimum Gasteiger partial charge on any atom is -0.399 e. The van der Waals surface area contributed by atoms with E-state index in [1.165, 1.54) is 12.8 Å². The van der Waals surface area contributed by atoms with Gasteiger partial charge in [0.25, 0.3) is 0 Å². The standard InChI is InChI=1S/C17H18FN3.ClH/c18-17-15(10-1-3-12(19)4-2-10)7-11(9-20-17)14-8-13-5-6-16(14)21-13;/h1-4,7,9,13-14,16,21H,5-6,8,19H2;1H. The Balaban J connectivity index is 0.00000144. The average molecular weight is 320 g/mol. The van der Waals surface area contributed by atoms with Crippen LogP contribution in [-0.4, -0.2) is 17.1 Å². The van der Waals surface area contributed by atoms with Gasteiger partial charge in [0, 0.05) is 35.4 Å². The van der Waals surface area contributed by atoms with E-state index in [1.807, 2.05) is 18.2 Å². The van der Waals surface area contributed by atoms with Gasteiger partial charge in [0.05, 0.1) is 0 Å². The van der Waals surface area contributed by atoms with Gasteiger partial charge in [-0.1, -0.05) is 12.1 Å². The highest BCUT2D eigenvalue weighted by Gasteiger charge is 2.39. The molecule has 2 saturated heterocycles. The van der Waals surface area contributed by atoms with Gasteiger partial charge in [-0.05, 0) is 48.6 Å². The first-order chi connectivity index (χ1) is 10.2. The van der Waals surface area contributed by atoms with Crippen molar-refractivity contribution in [2.75, 3.05) is 5.73 Å². The van der Waals surface area contributed by atoms with Crippen molar-refractivity contribution in [1.29, 1.82) is 0 Å². The fraction of sp³-hybridized carbons (Fsp3) is 0.353. The lowest BCUT2D eigenvalue weighted by Crippen LogP contribution is -2.21. The van der Waals surface area contributed by atoms with Crippen molar-refractivity contribution in [2.45, 2.75) is 37.3 Å². The van der Waals surface area contributed by atoms with Crippen molar-refractivity contribution >= 4 is 18.1 Å². The predicted molar refractivity (Wildman–Crippen MR) is 88.6 cm³/mol. The largest absolute Gasteiger partial charge is 0.399 e. The molecule has 2 aromatic rings. The van der Waals surface area contributed by atoms with Crippen LogP contribution in [0.1, 0.15) is 30.7 Å². The highest BCUT2D eigenvalue weighted by Crippen LogP contribution is 2.40. The molecule has 22 heavy (non-hydrogen) atoms. The molecule has 3 heterocycles. The summed E-state index contributed by atoms with van der Waals surface area (Å²) in [5, 5.41) is 3.62. The van der Waals surface area contributed by atoms with Crippen LogP contribution in [0.2, 0.25) is 0 Å². The van der Waals surface area contributed by atoms with Crippen LogP contribution in [0.4, 0.5) is 10.1 Å². The molecule has 3 nitrogen and oxygen atoms in total. The normalized spacial score (nSPS) is 26.0. The van der Waals surface area contributed by atoms with E-state index in [9.17, 15) is 4.39 Å². The molecule has 1 aromatic heterocycles. The number of aromatic nitrogens is 1. The number of pyridine rings is 1. The third kappa shape index (κ3) is 2.57. The molecule has 5 heteroatoms. The molecule has 2 bridgehead atoms. The van der Waals surface area contributed by atoms with Gasteiger partial charge in [-0.25, -0.2) is 4.98 Å². The summed E-state index contributed by atoms with van der Waals surface area (Å²) in [5.74, 6) is 0.0454. The molecule has 0 saturated carbocycles. The van der Waals surface area contributed by atoms with Crippen LogP contribution in [0.5, 0.6) is 0 Å². The number of anilines is 1. The van der Waals surface area contributed by atoms with Crippen LogP contribution < -0.4 is 11.1 Å². The molecule has 0 spiro atoms. The summed E-state index contributed by atoms with van der Waals surface area (Å²) in [6, 6.07) is 10.4. The first-order valence-corrected chi connectivity index (χ1v) is 7.48. The average Bonchev–Trinajstić information content (AvgIpc) is 3.12. The molecule has 0 aliphatic carbocycles. The van der Waals surface area contributed by atoms with Gasteiger partial charge in [0.15, 0.2) is 0 Å². The third-order valence-corrected chi connectivity index (χ3v) is 4.81. The summed E-state index contributed by atoms with van der Waals surface area (Å²) in [5.41, 5.74) is 8.91. The van der Waals surface area contributed by atoms with Crippen molar-refractivity contribution in [3.63, 3.8) is 0 Å². The Morgan fingerprint density at radius 1 is 1.18 bits per heavy atom. The van der Waals surface area contributed by atoms with E-state index < -0.39 is 5.95 Å². The number of fused-ring (bicyclic) bond motifs is 2. The monoisotopic (exact) mass is 319 g/mol. The fourth-order valence-electron chi connectivity index (χ4n) is 3.72. The molecule has 4 rings (SSSR count). The quantitative estimate of drug-likeness (QED) is 0.658. The molecule has 0 radical (unpaired) electrons. The van der Waals surface area contributed by atoms with Crippen molar-refractivity contribution < 1.29 is 4.39 Å². The first kappa shape index (κ1) is 15.3. The molecule has 1 aromatic carbocycles. The van der Waals surface area contributed by atoms with Crippen molar-refractivity contribution in [3.05, 3.63) is 48.0 Å². The molecule has 116 valence electrons. The van der Waals surface area contributed by atoms with Crippen LogP contribution in [0, 0.1) is 5.95 Å². The van der Waals surface area contributed by atoms with E-state index in [1.54, 1.807) is 18.3 Å². The Kier molecular flexibility index (Phi) is 4.06. The van der Waals surface area contributed by atoms with Crippen LogP contribution in [-0.2, 0) is 0 Å². The summed E-state index contributed by atoms with van der Waals surface area (Å²) >= 11 is 0. The van der Waals surface area contributed by atoms with E-state index in [0.29, 0.717) is 29.3 Å². The zero-order valence-corrected chi connectivity index (χ0v) is 12.9. The molecule has 3 unspecified atom stereocenters. The number of nitrogen functional groups attached to an aromatic ring is 1. The lowest BCUT2D eigenvalue weighted by molar-refractivity contribution is 0.502. The minimum atomic E-state index is -0.417. The maximum Gasteiger partial charge on any atom is 0.220 e. The highest BCUT2D eigenvalue weighted by molar-refractivity contribution is 5.85. The number of nitrogens with two attached hydrogens (primary N) is 1. The first-order valence-electron chi connectivity index (χ1n) is 7.48. The second-order valence-electron chi connectivity index (χ2n) is 6.12. The molecule has 3 N–H and O–H groups in total. The zero-order chi connectivity index (χ0) is 14.4. The molecular weight excluding hydrogens is 301 g/mol. The van der Waals surface area contributed by atoms with Crippen LogP contribution >= 0.6 is 12.4 Å². The zero-order valence-electron chi connectivity index (χ0n) is 12.1. The van der Waals surface area contributed by atoms with E-state index in [2.05, 4.69) is 10.3 Å². The van der Waals surface area contributed by atoms with Crippen LogP contribution in [0.25, 0.3) is 11.1 Å². The molecule has 2 fully saturated rings. The molecule has 2 aliphatic heterocycles. The van der Waals surface area contributed by atoms with Gasteiger partial charge in [0.1, 0.15) is 0 Å². The number of nitrogens with one attached hydrogen (secondary N) is 1.